The minimum absolute atomic E-state index is 0.159. The molecule has 4 aromatic rings. The van der Waals surface area contributed by atoms with Crippen molar-refractivity contribution >= 4 is 40.4 Å². The third-order valence-corrected chi connectivity index (χ3v) is 6.75. The van der Waals surface area contributed by atoms with E-state index in [0.717, 1.165) is 44.7 Å². The van der Waals surface area contributed by atoms with Crippen molar-refractivity contribution in [1.29, 1.82) is 0 Å². The van der Waals surface area contributed by atoms with Gasteiger partial charge in [0.25, 0.3) is 0 Å². The molecule has 194 valence electrons. The number of benzene rings is 1. The molecule has 0 bridgehead atoms. The highest BCUT2D eigenvalue weighted by atomic mass is 16.3. The molecule has 1 aliphatic heterocycles. The predicted octanol–water partition coefficient (Wildman–Crippen LogP) is 4.03. The van der Waals surface area contributed by atoms with Crippen LogP contribution in [0.15, 0.2) is 65.5 Å². The maximum atomic E-state index is 12.9. The third-order valence-electron chi connectivity index (χ3n) is 6.75. The molecule has 2 amide bonds. The number of amides is 2. The molecule has 0 aliphatic carbocycles. The largest absolute Gasteiger partial charge is 0.459 e. The van der Waals surface area contributed by atoms with Crippen LogP contribution in [0.2, 0.25) is 0 Å². The van der Waals surface area contributed by atoms with Crippen LogP contribution < -0.4 is 16.4 Å². The maximum Gasteiger partial charge on any atom is 0.246 e. The number of aromatic nitrogens is 2. The normalized spacial score (nSPS) is 15.2. The van der Waals surface area contributed by atoms with Crippen LogP contribution in [-0.2, 0) is 29.1 Å². The van der Waals surface area contributed by atoms with E-state index in [2.05, 4.69) is 26.7 Å². The Kier molecular flexibility index (Phi) is 7.19. The Morgan fingerprint density at radius 2 is 2.16 bits per heavy atom. The second-order valence-corrected chi connectivity index (χ2v) is 9.47. The molecular weight excluding hydrogens is 480 g/mol. The van der Waals surface area contributed by atoms with Crippen LogP contribution in [0.5, 0.6) is 0 Å². The van der Waals surface area contributed by atoms with Gasteiger partial charge < -0.3 is 25.7 Å². The minimum Gasteiger partial charge on any atom is -0.459 e. The third kappa shape index (κ3) is 5.42. The first-order valence-electron chi connectivity index (χ1n) is 12.5. The van der Waals surface area contributed by atoms with Crippen LogP contribution in [0.3, 0.4) is 0 Å². The summed E-state index contributed by atoms with van der Waals surface area (Å²) in [6.07, 6.45) is 9.60. The second-order valence-electron chi connectivity index (χ2n) is 9.47. The fourth-order valence-corrected chi connectivity index (χ4v) is 4.56. The standard InChI is InChI=1S/C29H30N6O3/c1-18-25(38-24-7-3-5-21(27(18)24)15-32-22-6-4-12-31-16-22)17-35(2)26(36)11-8-19-13-20-9-10-23(30)29(37)34-28(20)33-14-19/h3-8,11-14,16,23,32H,9-10,15,17,30H2,1-2H3,(H,33,34,37)/b11-8+. The fourth-order valence-electron chi connectivity index (χ4n) is 4.56. The monoisotopic (exact) mass is 510 g/mol. The molecule has 0 spiro atoms. The first kappa shape index (κ1) is 25.2. The number of rotatable bonds is 7. The number of fused-ring (bicyclic) bond motifs is 2. The Balaban J connectivity index is 1.27. The lowest BCUT2D eigenvalue weighted by molar-refractivity contribution is -0.125. The number of likely N-dealkylation sites (N-methyl/N-ethyl adjacent to an activating group) is 1. The molecule has 0 saturated carbocycles. The van der Waals surface area contributed by atoms with Gasteiger partial charge >= 0.3 is 0 Å². The van der Waals surface area contributed by atoms with E-state index in [4.69, 9.17) is 10.2 Å². The summed E-state index contributed by atoms with van der Waals surface area (Å²) in [6.45, 7) is 2.99. The van der Waals surface area contributed by atoms with Gasteiger partial charge in [0.05, 0.1) is 18.3 Å². The molecule has 4 N–H and O–H groups in total. The first-order chi connectivity index (χ1) is 18.4. The topological polar surface area (TPSA) is 126 Å². The van der Waals surface area contributed by atoms with Crippen LogP contribution >= 0.6 is 0 Å². The van der Waals surface area contributed by atoms with Crippen LogP contribution in [-0.4, -0.2) is 39.8 Å². The van der Waals surface area contributed by atoms with Crippen molar-refractivity contribution < 1.29 is 14.0 Å². The number of carbonyl (C=O) groups is 2. The molecule has 4 heterocycles. The van der Waals surface area contributed by atoms with Crippen LogP contribution in [0.1, 0.15) is 34.4 Å². The van der Waals surface area contributed by atoms with E-state index in [-0.39, 0.29) is 11.8 Å². The molecule has 0 saturated heterocycles. The van der Waals surface area contributed by atoms with E-state index in [1.54, 1.807) is 36.6 Å². The molecule has 38 heavy (non-hydrogen) atoms. The van der Waals surface area contributed by atoms with E-state index in [1.165, 1.54) is 6.08 Å². The van der Waals surface area contributed by atoms with Crippen molar-refractivity contribution in [1.82, 2.24) is 14.9 Å². The van der Waals surface area contributed by atoms with E-state index < -0.39 is 6.04 Å². The summed E-state index contributed by atoms with van der Waals surface area (Å²) in [5, 5.41) is 7.21. The molecule has 0 radical (unpaired) electrons. The number of nitrogens with zero attached hydrogens (tertiary/aromatic N) is 3. The molecular formula is C29H30N6O3. The van der Waals surface area contributed by atoms with E-state index in [1.807, 2.05) is 37.3 Å². The van der Waals surface area contributed by atoms with Crippen LogP contribution in [0.25, 0.3) is 17.0 Å². The van der Waals surface area contributed by atoms with Gasteiger partial charge in [0.2, 0.25) is 11.8 Å². The molecule has 1 aromatic carbocycles. The van der Waals surface area contributed by atoms with Gasteiger partial charge in [0, 0.05) is 49.2 Å². The minimum atomic E-state index is -0.548. The van der Waals surface area contributed by atoms with Gasteiger partial charge in [0.15, 0.2) is 0 Å². The van der Waals surface area contributed by atoms with Crippen LogP contribution in [0, 0.1) is 6.92 Å². The summed E-state index contributed by atoms with van der Waals surface area (Å²) in [6, 6.07) is 11.2. The van der Waals surface area contributed by atoms with Crippen LogP contribution in [0.4, 0.5) is 11.5 Å². The Morgan fingerprint density at radius 1 is 1.29 bits per heavy atom. The molecule has 1 aliphatic rings. The molecule has 1 atom stereocenters. The van der Waals surface area contributed by atoms with Gasteiger partial charge in [-0.25, -0.2) is 4.98 Å². The van der Waals surface area contributed by atoms with E-state index in [0.29, 0.717) is 31.7 Å². The Bertz CT molecular complexity index is 1510. The van der Waals surface area contributed by atoms with E-state index in [9.17, 15) is 9.59 Å². The Morgan fingerprint density at radius 3 is 2.97 bits per heavy atom. The van der Waals surface area contributed by atoms with Gasteiger partial charge in [0.1, 0.15) is 17.2 Å². The number of aryl methyl sites for hydroxylation is 2. The molecule has 1 unspecified atom stereocenters. The SMILES string of the molecule is Cc1c(CN(C)C(=O)/C=C/c2cnc3c(c2)CCC(N)C(=O)N3)oc2cccc(CNc3cccnc3)c12. The number of anilines is 2. The van der Waals surface area contributed by atoms with Gasteiger partial charge in [-0.1, -0.05) is 12.1 Å². The average molecular weight is 511 g/mol. The number of nitrogens with two attached hydrogens (primary N) is 1. The zero-order chi connectivity index (χ0) is 26.6. The summed E-state index contributed by atoms with van der Waals surface area (Å²) < 4.78 is 6.15. The molecule has 9 heteroatoms. The van der Waals surface area contributed by atoms with Crippen molar-refractivity contribution in [3.8, 4) is 0 Å². The van der Waals surface area contributed by atoms with Crippen molar-refractivity contribution in [3.63, 3.8) is 0 Å². The number of nitrogens with one attached hydrogen (secondary N) is 2. The smallest absolute Gasteiger partial charge is 0.246 e. The van der Waals surface area contributed by atoms with Gasteiger partial charge in [-0.15, -0.1) is 0 Å². The van der Waals surface area contributed by atoms with Crippen molar-refractivity contribution in [2.45, 2.75) is 38.9 Å². The highest BCUT2D eigenvalue weighted by Crippen LogP contribution is 2.30. The predicted molar refractivity (Wildman–Crippen MR) is 147 cm³/mol. The number of hydrogen-bond donors (Lipinski definition) is 3. The summed E-state index contributed by atoms with van der Waals surface area (Å²) in [7, 11) is 1.75. The van der Waals surface area contributed by atoms with Gasteiger partial charge in [-0.05, 0) is 66.8 Å². The molecule has 3 aromatic heterocycles. The highest BCUT2D eigenvalue weighted by Gasteiger charge is 2.21. The maximum absolute atomic E-state index is 12.9. The Hall–Kier alpha value is -4.50. The fraction of sp³-hybridized carbons (Fsp3) is 0.241. The van der Waals surface area contributed by atoms with Crippen molar-refractivity contribution in [3.05, 3.63) is 89.1 Å². The average Bonchev–Trinajstić information content (AvgIpc) is 3.17. The summed E-state index contributed by atoms with van der Waals surface area (Å²) in [5.41, 5.74) is 11.4. The lowest BCUT2D eigenvalue weighted by atomic mass is 10.1. The highest BCUT2D eigenvalue weighted by molar-refractivity contribution is 5.95. The first-order valence-corrected chi connectivity index (χ1v) is 12.5. The van der Waals surface area contributed by atoms with Gasteiger partial charge in [-0.2, -0.15) is 0 Å². The number of carbonyl (C=O) groups excluding carboxylic acids is 2. The summed E-state index contributed by atoms with van der Waals surface area (Å²) in [5.74, 6) is 0.887. The van der Waals surface area contributed by atoms with Crippen molar-refractivity contribution in [2.24, 2.45) is 5.73 Å². The zero-order valence-corrected chi connectivity index (χ0v) is 21.4. The number of furan rings is 1. The second kappa shape index (κ2) is 10.9. The molecule has 0 fully saturated rings. The summed E-state index contributed by atoms with van der Waals surface area (Å²) >= 11 is 0. The zero-order valence-electron chi connectivity index (χ0n) is 21.4. The van der Waals surface area contributed by atoms with Gasteiger partial charge in [-0.3, -0.25) is 14.6 Å². The molecule has 5 rings (SSSR count). The Labute approximate surface area is 220 Å². The quantitative estimate of drug-likeness (QED) is 0.321. The van der Waals surface area contributed by atoms with Crippen molar-refractivity contribution in [2.75, 3.05) is 17.7 Å². The number of pyridine rings is 2. The van der Waals surface area contributed by atoms with E-state index >= 15 is 0 Å². The lowest BCUT2D eigenvalue weighted by Crippen LogP contribution is -2.34. The molecule has 9 nitrogen and oxygen atoms in total. The number of hydrogen-bond acceptors (Lipinski definition) is 7. The summed E-state index contributed by atoms with van der Waals surface area (Å²) in [4.78, 5) is 34.9. The lowest BCUT2D eigenvalue weighted by Gasteiger charge is -2.14.